The smallest absolute Gasteiger partial charge is 0.217 e. The minimum atomic E-state index is -4.41. The van der Waals surface area contributed by atoms with Crippen LogP contribution in [0, 0.1) is 0 Å². The molecule has 0 aromatic heterocycles. The number of allylic oxidation sites excluding steroid dienone is 4. The molecule has 0 bridgehead atoms. The van der Waals surface area contributed by atoms with Crippen LogP contribution >= 0.6 is 0 Å². The summed E-state index contributed by atoms with van der Waals surface area (Å²) in [7, 11) is -1.12. The third kappa shape index (κ3) is 32.4. The summed E-state index contributed by atoms with van der Waals surface area (Å²) < 4.78 is 32.2. The van der Waals surface area contributed by atoms with Crippen molar-refractivity contribution in [1.29, 1.82) is 0 Å². The first-order valence-electron chi connectivity index (χ1n) is 21.8. The van der Waals surface area contributed by atoms with Crippen LogP contribution in [-0.2, 0) is 14.6 Å². The molecule has 0 saturated carbocycles. The summed E-state index contributed by atoms with van der Waals surface area (Å²) in [5.41, 5.74) is 6.09. The third-order valence-corrected chi connectivity index (χ3v) is 11.2. The van der Waals surface area contributed by atoms with Crippen molar-refractivity contribution < 1.29 is 21.6 Å². The highest BCUT2D eigenvalue weighted by atomic mass is 32.3. The predicted octanol–water partition coefficient (Wildman–Crippen LogP) is 11.6. The molecule has 1 saturated heterocycles. The molecule has 0 amide bonds. The van der Waals surface area contributed by atoms with E-state index in [1.165, 1.54) is 210 Å². The molecule has 0 radical (unpaired) electrons. The third-order valence-electron chi connectivity index (χ3n) is 10.8. The molecule has 1 heterocycles. The van der Waals surface area contributed by atoms with E-state index in [4.69, 9.17) is 5.73 Å². The van der Waals surface area contributed by atoms with E-state index in [2.05, 4.69) is 54.3 Å². The van der Waals surface area contributed by atoms with E-state index in [9.17, 15) is 13.0 Å². The lowest BCUT2D eigenvalue weighted by atomic mass is 10.1. The van der Waals surface area contributed by atoms with Crippen LogP contribution in [-0.4, -0.2) is 75.4 Å². The molecule has 304 valence electrons. The highest BCUT2D eigenvalue weighted by Crippen LogP contribution is 2.27. The maximum atomic E-state index is 9.22. The molecule has 51 heavy (non-hydrogen) atoms. The van der Waals surface area contributed by atoms with Gasteiger partial charge in [-0.15, -0.1) is 0 Å². The zero-order chi connectivity index (χ0) is 37.7. The van der Waals surface area contributed by atoms with Crippen molar-refractivity contribution in [2.75, 3.05) is 46.9 Å². The lowest BCUT2D eigenvalue weighted by molar-refractivity contribution is -0.925. The molecule has 0 spiro atoms. The van der Waals surface area contributed by atoms with Gasteiger partial charge in [-0.05, 0) is 64.2 Å². The number of nitrogens with two attached hydrogens (primary N) is 1. The van der Waals surface area contributed by atoms with Crippen molar-refractivity contribution in [2.45, 2.75) is 206 Å². The van der Waals surface area contributed by atoms with Gasteiger partial charge in [0.15, 0.2) is 0 Å². The Morgan fingerprint density at radius 3 is 1.37 bits per heavy atom. The van der Waals surface area contributed by atoms with Gasteiger partial charge in [-0.2, -0.15) is 0 Å². The second kappa shape index (κ2) is 36.2. The number of quaternary nitrogens is 1. The van der Waals surface area contributed by atoms with Gasteiger partial charge in [0, 0.05) is 19.5 Å². The fraction of sp³-hybridized carbons (Fsp3) is 0.907. The summed E-state index contributed by atoms with van der Waals surface area (Å²) >= 11 is 0. The van der Waals surface area contributed by atoms with E-state index in [1.54, 1.807) is 0 Å². The number of unbranched alkanes of at least 4 members (excludes halogenated alkanes) is 24. The fourth-order valence-corrected chi connectivity index (χ4v) is 7.50. The predicted molar refractivity (Wildman–Crippen MR) is 221 cm³/mol. The number of likely N-dealkylation sites (N-methyl/N-ethyl adjacent to an activating group) is 1. The maximum absolute atomic E-state index is 9.22. The first-order valence-corrected chi connectivity index (χ1v) is 23.2. The van der Waals surface area contributed by atoms with Gasteiger partial charge in [0.05, 0.1) is 33.8 Å². The molecular weight excluding hydrogens is 655 g/mol. The van der Waals surface area contributed by atoms with E-state index in [1.807, 2.05) is 0 Å². The molecule has 2 unspecified atom stereocenters. The Bertz CT molecular complexity index is 898. The molecule has 2 atom stereocenters. The SMILES string of the molecule is CCCCCCCC/C=C\CCCCCCCCC1N(CCCCCCCC/C=C\CCCCCCCC)CC[N+]1(C)CCN.COS(=O)(=O)[O-]. The van der Waals surface area contributed by atoms with Crippen molar-refractivity contribution in [3.8, 4) is 0 Å². The first-order chi connectivity index (χ1) is 24.7. The number of hydrogen-bond acceptors (Lipinski definition) is 6. The quantitative estimate of drug-likeness (QED) is 0.0228. The van der Waals surface area contributed by atoms with Gasteiger partial charge in [-0.1, -0.05) is 154 Å². The van der Waals surface area contributed by atoms with Gasteiger partial charge >= 0.3 is 0 Å². The van der Waals surface area contributed by atoms with Gasteiger partial charge in [0.25, 0.3) is 0 Å². The van der Waals surface area contributed by atoms with Crippen molar-refractivity contribution in [1.82, 2.24) is 4.90 Å². The van der Waals surface area contributed by atoms with Crippen LogP contribution in [0.15, 0.2) is 24.3 Å². The Balaban J connectivity index is 0.00000381. The van der Waals surface area contributed by atoms with Gasteiger partial charge in [-0.25, -0.2) is 13.3 Å². The van der Waals surface area contributed by atoms with Crippen LogP contribution in [0.3, 0.4) is 0 Å². The number of rotatable bonds is 35. The van der Waals surface area contributed by atoms with Gasteiger partial charge < -0.3 is 14.8 Å². The summed E-state index contributed by atoms with van der Waals surface area (Å²) in [6.45, 7) is 10.4. The lowest BCUT2D eigenvalue weighted by Gasteiger charge is -2.38. The summed E-state index contributed by atoms with van der Waals surface area (Å²) in [4.78, 5) is 2.85. The Morgan fingerprint density at radius 1 is 0.647 bits per heavy atom. The summed E-state index contributed by atoms with van der Waals surface area (Å²) in [5.74, 6) is 0. The number of nitrogens with zero attached hydrogens (tertiary/aromatic N) is 2. The summed E-state index contributed by atoms with van der Waals surface area (Å²) in [6.07, 6.45) is 50.8. The van der Waals surface area contributed by atoms with Crippen LogP contribution in [0.5, 0.6) is 0 Å². The normalized spacial score (nSPS) is 18.3. The maximum Gasteiger partial charge on any atom is 0.217 e. The molecule has 7 nitrogen and oxygen atoms in total. The van der Waals surface area contributed by atoms with Crippen LogP contribution in [0.2, 0.25) is 0 Å². The second-order valence-corrected chi connectivity index (χ2v) is 16.6. The Labute approximate surface area is 319 Å². The van der Waals surface area contributed by atoms with Crippen molar-refractivity contribution in [3.05, 3.63) is 24.3 Å². The highest BCUT2D eigenvalue weighted by Gasteiger charge is 2.42. The van der Waals surface area contributed by atoms with E-state index >= 15 is 0 Å². The van der Waals surface area contributed by atoms with Crippen molar-refractivity contribution in [2.24, 2.45) is 5.73 Å². The average molecular weight is 742 g/mol. The second-order valence-electron chi connectivity index (χ2n) is 15.5. The molecular formula is C43H87N3O4S. The Kier molecular flexibility index (Phi) is 35.7. The zero-order valence-electron chi connectivity index (χ0n) is 34.4. The Hall–Kier alpha value is -0.770. The molecule has 8 heteroatoms. The summed E-state index contributed by atoms with van der Waals surface area (Å²) in [5, 5.41) is 0. The average Bonchev–Trinajstić information content (AvgIpc) is 3.42. The van der Waals surface area contributed by atoms with Crippen LogP contribution in [0.25, 0.3) is 0 Å². The molecule has 1 aliphatic heterocycles. The van der Waals surface area contributed by atoms with E-state index in [0.29, 0.717) is 6.17 Å². The number of hydrogen-bond donors (Lipinski definition) is 1. The van der Waals surface area contributed by atoms with Crippen LogP contribution < -0.4 is 5.73 Å². The van der Waals surface area contributed by atoms with Gasteiger partial charge in [0.2, 0.25) is 10.4 Å². The van der Waals surface area contributed by atoms with Crippen molar-refractivity contribution in [3.63, 3.8) is 0 Å². The van der Waals surface area contributed by atoms with Crippen LogP contribution in [0.4, 0.5) is 0 Å². The Morgan fingerprint density at radius 2 is 1.00 bits per heavy atom. The standard InChI is InChI=1S/C42H84N3.CH4O4S/c1-4-6-8-10-12-14-16-18-20-22-24-26-28-30-32-34-36-42-44(39-41-45(42,3)40-37-43)38-35-33-31-29-27-25-23-21-19-17-15-13-11-9-7-5-2;1-5-6(2,3)4/h18-21,42H,4-17,22-41,43H2,1-3H3;1H3,(H,2,3,4)/q+1;/p-1/b20-18-,21-19-;. The highest BCUT2D eigenvalue weighted by molar-refractivity contribution is 7.80. The largest absolute Gasteiger partial charge is 0.726 e. The van der Waals surface area contributed by atoms with Gasteiger partial charge in [-0.3, -0.25) is 4.18 Å². The minimum Gasteiger partial charge on any atom is -0.726 e. The molecule has 0 aromatic rings. The van der Waals surface area contributed by atoms with E-state index in [0.717, 1.165) is 20.2 Å². The molecule has 0 aliphatic carbocycles. The zero-order valence-corrected chi connectivity index (χ0v) is 35.3. The van der Waals surface area contributed by atoms with E-state index < -0.39 is 10.4 Å². The topological polar surface area (TPSA) is 95.7 Å². The molecule has 1 rings (SSSR count). The lowest BCUT2D eigenvalue weighted by Crippen LogP contribution is -2.54. The summed E-state index contributed by atoms with van der Waals surface area (Å²) in [6, 6.07) is 0. The molecule has 1 fully saturated rings. The monoisotopic (exact) mass is 742 g/mol. The van der Waals surface area contributed by atoms with E-state index in [-0.39, 0.29) is 0 Å². The molecule has 2 N–H and O–H groups in total. The minimum absolute atomic E-state index is 0.702. The molecule has 1 aliphatic rings. The fourth-order valence-electron chi connectivity index (χ4n) is 7.50. The molecule has 0 aromatic carbocycles. The van der Waals surface area contributed by atoms with Crippen LogP contribution in [0.1, 0.15) is 200 Å². The van der Waals surface area contributed by atoms with Gasteiger partial charge in [0.1, 0.15) is 6.17 Å². The first kappa shape index (κ1) is 50.2. The van der Waals surface area contributed by atoms with Crippen molar-refractivity contribution >= 4 is 10.4 Å².